The van der Waals surface area contributed by atoms with E-state index in [4.69, 9.17) is 16.9 Å². The Balaban J connectivity index is 1.74. The Morgan fingerprint density at radius 1 is 0.852 bits per heavy atom. The van der Waals surface area contributed by atoms with Crippen molar-refractivity contribution in [1.29, 1.82) is 5.26 Å². The zero-order valence-corrected chi connectivity index (χ0v) is 14.7. The molecule has 3 aromatic rings. The molecule has 0 atom stereocenters. The molecule has 27 heavy (non-hydrogen) atoms. The van der Waals surface area contributed by atoms with E-state index in [2.05, 4.69) is 15.6 Å². The van der Waals surface area contributed by atoms with Crippen LogP contribution in [0.15, 0.2) is 66.7 Å². The maximum Gasteiger partial charge on any atom is 0.274 e. The van der Waals surface area contributed by atoms with Crippen LogP contribution in [0, 0.1) is 11.3 Å². The first kappa shape index (κ1) is 18.1. The van der Waals surface area contributed by atoms with Gasteiger partial charge in [-0.25, -0.2) is 4.98 Å². The Bertz CT molecular complexity index is 1040. The van der Waals surface area contributed by atoms with Crippen LogP contribution < -0.4 is 10.6 Å². The number of hydrogen-bond acceptors (Lipinski definition) is 4. The van der Waals surface area contributed by atoms with Crippen LogP contribution in [0.2, 0.25) is 5.02 Å². The van der Waals surface area contributed by atoms with Gasteiger partial charge >= 0.3 is 0 Å². The highest BCUT2D eigenvalue weighted by Gasteiger charge is 2.13. The zero-order chi connectivity index (χ0) is 19.2. The van der Waals surface area contributed by atoms with Crippen molar-refractivity contribution in [2.24, 2.45) is 0 Å². The summed E-state index contributed by atoms with van der Waals surface area (Å²) in [5.41, 5.74) is 1.65. The van der Waals surface area contributed by atoms with Gasteiger partial charge in [-0.2, -0.15) is 5.26 Å². The molecule has 0 radical (unpaired) electrons. The molecule has 7 heteroatoms. The highest BCUT2D eigenvalue weighted by atomic mass is 35.5. The summed E-state index contributed by atoms with van der Waals surface area (Å²) in [6.07, 6.45) is 0. The Hall–Kier alpha value is -3.69. The number of hydrogen-bond donors (Lipinski definition) is 2. The lowest BCUT2D eigenvalue weighted by molar-refractivity contribution is 0.101. The normalized spacial score (nSPS) is 9.93. The molecule has 132 valence electrons. The first-order valence-corrected chi connectivity index (χ1v) is 8.28. The number of halogens is 1. The van der Waals surface area contributed by atoms with Crippen LogP contribution in [0.3, 0.4) is 0 Å². The van der Waals surface area contributed by atoms with E-state index in [0.29, 0.717) is 22.0 Å². The first-order chi connectivity index (χ1) is 13.0. The number of nitrogens with zero attached hydrogens (tertiary/aromatic N) is 2. The summed E-state index contributed by atoms with van der Waals surface area (Å²) in [6.45, 7) is 0. The Morgan fingerprint density at radius 2 is 1.44 bits per heavy atom. The number of amides is 2. The fourth-order valence-corrected chi connectivity index (χ4v) is 2.40. The molecule has 0 saturated carbocycles. The van der Waals surface area contributed by atoms with E-state index >= 15 is 0 Å². The van der Waals surface area contributed by atoms with Crippen LogP contribution in [0.25, 0.3) is 0 Å². The van der Waals surface area contributed by atoms with Crippen molar-refractivity contribution in [3.63, 3.8) is 0 Å². The van der Waals surface area contributed by atoms with Crippen LogP contribution in [0.5, 0.6) is 0 Å². The van der Waals surface area contributed by atoms with Gasteiger partial charge in [0, 0.05) is 16.4 Å². The molecule has 2 aromatic carbocycles. The zero-order valence-electron chi connectivity index (χ0n) is 13.9. The molecule has 2 amide bonds. The molecule has 0 unspecified atom stereocenters. The average molecular weight is 377 g/mol. The van der Waals surface area contributed by atoms with Crippen LogP contribution in [-0.2, 0) is 0 Å². The Kier molecular flexibility index (Phi) is 5.45. The quantitative estimate of drug-likeness (QED) is 0.716. The lowest BCUT2D eigenvalue weighted by atomic mass is 10.2. The van der Waals surface area contributed by atoms with Crippen LogP contribution in [0.1, 0.15) is 26.5 Å². The lowest BCUT2D eigenvalue weighted by Gasteiger charge is -2.07. The molecule has 1 aromatic heterocycles. The van der Waals surface area contributed by atoms with Crippen molar-refractivity contribution < 1.29 is 9.59 Å². The molecular formula is C20H13ClN4O2. The van der Waals surface area contributed by atoms with Gasteiger partial charge < -0.3 is 10.6 Å². The predicted octanol–water partition coefficient (Wildman–Crippen LogP) is 4.11. The minimum Gasteiger partial charge on any atom is -0.321 e. The van der Waals surface area contributed by atoms with Crippen molar-refractivity contribution in [1.82, 2.24) is 4.98 Å². The molecule has 0 fully saturated rings. The molecule has 0 aliphatic rings. The van der Waals surface area contributed by atoms with Crippen LogP contribution >= 0.6 is 11.6 Å². The number of anilines is 2. The molecule has 0 aliphatic heterocycles. The summed E-state index contributed by atoms with van der Waals surface area (Å²) in [5.74, 6) is -0.926. The highest BCUT2D eigenvalue weighted by Crippen LogP contribution is 2.15. The van der Waals surface area contributed by atoms with Crippen LogP contribution in [0.4, 0.5) is 11.4 Å². The molecule has 3 rings (SSSR count). The number of nitriles is 1. The summed E-state index contributed by atoms with van der Waals surface area (Å²) in [4.78, 5) is 28.8. The number of carbonyl (C=O) groups is 2. The van der Waals surface area contributed by atoms with E-state index in [1.54, 1.807) is 54.6 Å². The average Bonchev–Trinajstić information content (AvgIpc) is 2.70. The summed E-state index contributed by atoms with van der Waals surface area (Å²) in [7, 11) is 0. The molecular weight excluding hydrogens is 364 g/mol. The van der Waals surface area contributed by atoms with Crippen molar-refractivity contribution in [3.05, 3.63) is 88.7 Å². The molecule has 0 aliphatic carbocycles. The van der Waals surface area contributed by atoms with Gasteiger partial charge in [0.1, 0.15) is 11.4 Å². The minimum absolute atomic E-state index is 0.0844. The van der Waals surface area contributed by atoms with Crippen molar-refractivity contribution >= 4 is 34.8 Å². The maximum absolute atomic E-state index is 12.4. The number of nitrogens with one attached hydrogen (secondary N) is 2. The topological polar surface area (TPSA) is 94.9 Å². The molecule has 1 heterocycles. The molecule has 0 saturated heterocycles. The number of aromatic nitrogens is 1. The van der Waals surface area contributed by atoms with Gasteiger partial charge in [-0.15, -0.1) is 0 Å². The van der Waals surface area contributed by atoms with Crippen molar-refractivity contribution in [2.45, 2.75) is 0 Å². The van der Waals surface area contributed by atoms with Crippen molar-refractivity contribution in [3.8, 4) is 6.07 Å². The predicted molar refractivity (Wildman–Crippen MR) is 103 cm³/mol. The first-order valence-electron chi connectivity index (χ1n) is 7.90. The number of carbonyl (C=O) groups excluding carboxylic acids is 2. The third-order valence-electron chi connectivity index (χ3n) is 3.57. The van der Waals surface area contributed by atoms with E-state index in [1.807, 2.05) is 6.07 Å². The summed E-state index contributed by atoms with van der Waals surface area (Å²) in [6, 6.07) is 19.7. The minimum atomic E-state index is -0.480. The lowest BCUT2D eigenvalue weighted by Crippen LogP contribution is -2.18. The molecule has 0 spiro atoms. The summed E-state index contributed by atoms with van der Waals surface area (Å²) >= 11 is 5.82. The van der Waals surface area contributed by atoms with Gasteiger partial charge in [0.05, 0.1) is 11.6 Å². The Morgan fingerprint density at radius 3 is 2.07 bits per heavy atom. The molecule has 2 N–H and O–H groups in total. The second-order valence-corrected chi connectivity index (χ2v) is 5.95. The van der Waals surface area contributed by atoms with E-state index in [0.717, 1.165) is 0 Å². The number of rotatable bonds is 4. The summed E-state index contributed by atoms with van der Waals surface area (Å²) in [5, 5.41) is 14.8. The van der Waals surface area contributed by atoms with Gasteiger partial charge in [-0.05, 0) is 54.6 Å². The monoisotopic (exact) mass is 376 g/mol. The van der Waals surface area contributed by atoms with Gasteiger partial charge in [0.15, 0.2) is 0 Å². The van der Waals surface area contributed by atoms with Gasteiger partial charge in [0.25, 0.3) is 11.8 Å². The fraction of sp³-hybridized carbons (Fsp3) is 0. The van der Waals surface area contributed by atoms with E-state index < -0.39 is 11.8 Å². The third kappa shape index (κ3) is 4.69. The van der Waals surface area contributed by atoms with E-state index in [-0.39, 0.29) is 11.4 Å². The third-order valence-corrected chi connectivity index (χ3v) is 3.82. The highest BCUT2D eigenvalue weighted by molar-refractivity contribution is 6.30. The maximum atomic E-state index is 12.4. The molecule has 6 nitrogen and oxygen atoms in total. The van der Waals surface area contributed by atoms with Crippen LogP contribution in [-0.4, -0.2) is 16.8 Å². The van der Waals surface area contributed by atoms with E-state index in [1.165, 1.54) is 12.1 Å². The van der Waals surface area contributed by atoms with Crippen molar-refractivity contribution in [2.75, 3.05) is 10.6 Å². The standard InChI is InChI=1S/C20H13ClN4O2/c21-14-7-9-15(10-8-14)23-19(26)17-5-2-6-18(25-17)20(27)24-16-4-1-3-13(11-16)12-22/h1-11H,(H,23,26)(H,24,27). The fourth-order valence-electron chi connectivity index (χ4n) is 2.28. The second-order valence-electron chi connectivity index (χ2n) is 5.52. The van der Waals surface area contributed by atoms with Gasteiger partial charge in [-0.3, -0.25) is 9.59 Å². The second kappa shape index (κ2) is 8.13. The smallest absolute Gasteiger partial charge is 0.274 e. The molecule has 0 bridgehead atoms. The van der Waals surface area contributed by atoms with Gasteiger partial charge in [-0.1, -0.05) is 23.7 Å². The van der Waals surface area contributed by atoms with Gasteiger partial charge in [0.2, 0.25) is 0 Å². The van der Waals surface area contributed by atoms with E-state index in [9.17, 15) is 9.59 Å². The Labute approximate surface area is 160 Å². The number of benzene rings is 2. The largest absolute Gasteiger partial charge is 0.321 e. The SMILES string of the molecule is N#Cc1cccc(NC(=O)c2cccc(C(=O)Nc3ccc(Cl)cc3)n2)c1. The summed E-state index contributed by atoms with van der Waals surface area (Å²) < 4.78 is 0. The number of pyridine rings is 1.